The lowest BCUT2D eigenvalue weighted by Crippen LogP contribution is -2.30. The summed E-state index contributed by atoms with van der Waals surface area (Å²) in [4.78, 5) is 72.8. The zero-order chi connectivity index (χ0) is 70.3. The van der Waals surface area contributed by atoms with E-state index < -0.39 is 97.5 Å². The summed E-state index contributed by atoms with van der Waals surface area (Å²) in [6.45, 7) is 14.2. The van der Waals surface area contributed by atoms with Crippen LogP contribution in [0.25, 0.3) is 0 Å². The van der Waals surface area contributed by atoms with Crippen LogP contribution in [0.3, 0.4) is 0 Å². The average Bonchev–Trinajstić information content (AvgIpc) is 2.44. The molecule has 0 bridgehead atoms. The molecule has 0 saturated carbocycles. The Morgan fingerprint density at radius 2 is 0.505 bits per heavy atom. The molecule has 17 nitrogen and oxygen atoms in total. The van der Waals surface area contributed by atoms with Gasteiger partial charge in [-0.3, -0.25) is 37.3 Å². The lowest BCUT2D eigenvalue weighted by atomic mass is 9.99. The van der Waals surface area contributed by atoms with E-state index in [2.05, 4.69) is 55.4 Å². The van der Waals surface area contributed by atoms with E-state index in [1.54, 1.807) is 0 Å². The minimum atomic E-state index is -4.96. The summed E-state index contributed by atoms with van der Waals surface area (Å²) in [5, 5.41) is 10.6. The van der Waals surface area contributed by atoms with Crippen molar-refractivity contribution in [2.24, 2.45) is 23.7 Å². The number of ether oxygens (including phenoxy) is 4. The van der Waals surface area contributed by atoms with Gasteiger partial charge in [0, 0.05) is 25.7 Å². The van der Waals surface area contributed by atoms with Crippen LogP contribution in [0.15, 0.2) is 0 Å². The van der Waals surface area contributed by atoms with Gasteiger partial charge in [-0.2, -0.15) is 0 Å². The summed E-state index contributed by atoms with van der Waals surface area (Å²) in [5.41, 5.74) is 0. The summed E-state index contributed by atoms with van der Waals surface area (Å²) >= 11 is 0. The van der Waals surface area contributed by atoms with Gasteiger partial charge in [-0.05, 0) is 49.4 Å². The molecule has 0 spiro atoms. The SMILES string of the molecule is CCC(C)CCCCCCCCCCCCCCCCC(=O)O[C@H](COC(=O)CCCCCCCCC(C)CC)COP(=O)(O)OC[C@H](O)COP(=O)(O)OC[C@@H](COC(=O)CCCCCCCCCCCCC(C)C)OC(=O)CCCCCCCCCCCCCC(C)C. The zero-order valence-electron chi connectivity index (χ0n) is 62.3. The lowest BCUT2D eigenvalue weighted by Gasteiger charge is -2.21. The second-order valence-electron chi connectivity index (χ2n) is 28.8. The number of carbonyl (C=O) groups excluding carboxylic acids is 4. The second kappa shape index (κ2) is 65.4. The fraction of sp³-hybridized carbons (Fsp3) is 0.947. The van der Waals surface area contributed by atoms with Crippen molar-refractivity contribution in [1.29, 1.82) is 0 Å². The highest BCUT2D eigenvalue weighted by atomic mass is 31.2. The van der Waals surface area contributed by atoms with Gasteiger partial charge in [0.1, 0.15) is 19.3 Å². The summed E-state index contributed by atoms with van der Waals surface area (Å²) in [6.07, 6.45) is 49.9. The molecular formula is C76H148O17P2. The van der Waals surface area contributed by atoms with E-state index in [-0.39, 0.29) is 25.7 Å². The Morgan fingerprint density at radius 3 is 0.747 bits per heavy atom. The number of aliphatic hydroxyl groups excluding tert-OH is 1. The molecule has 0 rings (SSSR count). The van der Waals surface area contributed by atoms with Gasteiger partial charge in [-0.1, -0.05) is 331 Å². The van der Waals surface area contributed by atoms with E-state index in [1.165, 1.54) is 180 Å². The molecule has 0 heterocycles. The molecule has 0 aliphatic heterocycles. The van der Waals surface area contributed by atoms with Crippen molar-refractivity contribution < 1.29 is 80.2 Å². The van der Waals surface area contributed by atoms with Crippen molar-refractivity contribution in [3.05, 3.63) is 0 Å². The van der Waals surface area contributed by atoms with Crippen LogP contribution < -0.4 is 0 Å². The fourth-order valence-corrected chi connectivity index (χ4v) is 13.1. The maximum Gasteiger partial charge on any atom is 0.472 e. The lowest BCUT2D eigenvalue weighted by molar-refractivity contribution is -0.161. The number of rotatable bonds is 73. The molecule has 95 heavy (non-hydrogen) atoms. The third kappa shape index (κ3) is 67.6. The Kier molecular flexibility index (Phi) is 64.0. The number of phosphoric ester groups is 2. The number of carbonyl (C=O) groups is 4. The number of hydrogen-bond acceptors (Lipinski definition) is 15. The Bertz CT molecular complexity index is 1870. The third-order valence-electron chi connectivity index (χ3n) is 18.3. The number of esters is 4. The van der Waals surface area contributed by atoms with Crippen LogP contribution in [0.4, 0.5) is 0 Å². The molecule has 0 saturated heterocycles. The van der Waals surface area contributed by atoms with Gasteiger partial charge >= 0.3 is 39.5 Å². The Balaban J connectivity index is 5.25. The maximum absolute atomic E-state index is 13.1. The van der Waals surface area contributed by atoms with Crippen molar-refractivity contribution in [3.63, 3.8) is 0 Å². The van der Waals surface area contributed by atoms with E-state index in [0.29, 0.717) is 25.7 Å². The van der Waals surface area contributed by atoms with Crippen molar-refractivity contribution in [3.8, 4) is 0 Å². The number of aliphatic hydroxyl groups is 1. The van der Waals surface area contributed by atoms with E-state index in [0.717, 1.165) is 120 Å². The normalized spacial score (nSPS) is 14.7. The van der Waals surface area contributed by atoms with Gasteiger partial charge in [0.15, 0.2) is 12.2 Å². The topological polar surface area (TPSA) is 237 Å². The summed E-state index contributed by atoms with van der Waals surface area (Å²) in [5.74, 6) is 0.979. The molecule has 19 heteroatoms. The molecule has 0 aromatic heterocycles. The minimum Gasteiger partial charge on any atom is -0.462 e. The molecule has 4 unspecified atom stereocenters. The first-order chi connectivity index (χ1) is 45.7. The largest absolute Gasteiger partial charge is 0.472 e. The molecule has 0 amide bonds. The summed E-state index contributed by atoms with van der Waals surface area (Å²) in [6, 6.07) is 0. The highest BCUT2D eigenvalue weighted by Crippen LogP contribution is 2.45. The van der Waals surface area contributed by atoms with Crippen LogP contribution >= 0.6 is 15.6 Å². The molecular weight excluding hydrogens is 1250 g/mol. The van der Waals surface area contributed by atoms with E-state index in [1.807, 2.05) is 0 Å². The summed E-state index contributed by atoms with van der Waals surface area (Å²) < 4.78 is 68.5. The van der Waals surface area contributed by atoms with E-state index in [4.69, 9.17) is 37.0 Å². The van der Waals surface area contributed by atoms with Crippen molar-refractivity contribution in [2.75, 3.05) is 39.6 Å². The quantitative estimate of drug-likeness (QED) is 0.0222. The molecule has 0 fully saturated rings. The van der Waals surface area contributed by atoms with Crippen LogP contribution in [0.5, 0.6) is 0 Å². The van der Waals surface area contributed by atoms with Gasteiger partial charge in [0.05, 0.1) is 26.4 Å². The predicted octanol–water partition coefficient (Wildman–Crippen LogP) is 22.0. The van der Waals surface area contributed by atoms with Crippen LogP contribution in [0, 0.1) is 23.7 Å². The van der Waals surface area contributed by atoms with Gasteiger partial charge in [0.2, 0.25) is 0 Å². The van der Waals surface area contributed by atoms with Crippen LogP contribution in [-0.2, 0) is 65.4 Å². The maximum atomic E-state index is 13.1. The number of phosphoric acid groups is 2. The Hall–Kier alpha value is -1.94. The third-order valence-corrected chi connectivity index (χ3v) is 20.2. The van der Waals surface area contributed by atoms with Crippen molar-refractivity contribution in [1.82, 2.24) is 0 Å². The van der Waals surface area contributed by atoms with E-state index in [9.17, 15) is 43.2 Å². The molecule has 7 atom stereocenters. The molecule has 0 radical (unpaired) electrons. The molecule has 3 N–H and O–H groups in total. The zero-order valence-corrected chi connectivity index (χ0v) is 64.1. The first-order valence-electron chi connectivity index (χ1n) is 39.3. The second-order valence-corrected chi connectivity index (χ2v) is 31.7. The Morgan fingerprint density at radius 1 is 0.295 bits per heavy atom. The number of hydrogen-bond donors (Lipinski definition) is 3. The highest BCUT2D eigenvalue weighted by Gasteiger charge is 2.30. The van der Waals surface area contributed by atoms with Crippen LogP contribution in [-0.4, -0.2) is 96.7 Å². The first kappa shape index (κ1) is 93.1. The smallest absolute Gasteiger partial charge is 0.462 e. The monoisotopic (exact) mass is 1400 g/mol. The molecule has 0 aromatic carbocycles. The van der Waals surface area contributed by atoms with Crippen LogP contribution in [0.1, 0.15) is 383 Å². The molecule has 0 aliphatic carbocycles. The van der Waals surface area contributed by atoms with Crippen molar-refractivity contribution in [2.45, 2.75) is 401 Å². The predicted molar refractivity (Wildman–Crippen MR) is 386 cm³/mol. The standard InChI is InChI=1S/C76H148O17P2/c1-9-68(7)54-46-38-30-24-17-13-11-12-14-18-26-32-42-50-58-75(80)93-72(63-87-74(79)57-49-41-35-34-39-47-55-69(8)10-2)65-91-95(84,85)89-61-70(77)60-88-94(82,83)90-64-71(62-86-73(78)56-48-40-31-25-21-20-23-29-37-45-53-67(5)6)92-76(81)59-51-43-33-27-19-15-16-22-28-36-44-52-66(3)4/h66-72,77H,9-65H2,1-8H3,(H,82,83)(H,84,85)/t68?,69?,70-,71-,72-/m1/s1. The average molecular weight is 1400 g/mol. The first-order valence-corrected chi connectivity index (χ1v) is 42.3. The van der Waals surface area contributed by atoms with Gasteiger partial charge in [0.25, 0.3) is 0 Å². The van der Waals surface area contributed by atoms with Gasteiger partial charge < -0.3 is 33.8 Å². The van der Waals surface area contributed by atoms with Gasteiger partial charge in [-0.15, -0.1) is 0 Å². The molecule has 0 aromatic rings. The minimum absolute atomic E-state index is 0.106. The highest BCUT2D eigenvalue weighted by molar-refractivity contribution is 7.47. The van der Waals surface area contributed by atoms with Crippen molar-refractivity contribution >= 4 is 39.5 Å². The van der Waals surface area contributed by atoms with E-state index >= 15 is 0 Å². The van der Waals surface area contributed by atoms with Gasteiger partial charge in [-0.25, -0.2) is 9.13 Å². The molecule has 0 aliphatic rings. The fourth-order valence-electron chi connectivity index (χ4n) is 11.5. The number of unbranched alkanes of at least 4 members (excludes halogenated alkanes) is 37. The Labute approximate surface area is 581 Å². The molecule has 564 valence electrons. The van der Waals surface area contributed by atoms with Crippen LogP contribution in [0.2, 0.25) is 0 Å². The summed E-state index contributed by atoms with van der Waals surface area (Å²) in [7, 11) is -9.91.